The van der Waals surface area contributed by atoms with Gasteiger partial charge in [0.2, 0.25) is 0 Å². The second-order valence-corrected chi connectivity index (χ2v) is 15.2. The Morgan fingerprint density at radius 3 is 1.73 bits per heavy atom. The third kappa shape index (κ3) is 5.36. The van der Waals surface area contributed by atoms with E-state index in [0.29, 0.717) is 0 Å². The molecule has 0 spiro atoms. The van der Waals surface area contributed by atoms with Gasteiger partial charge in [-0.3, -0.25) is 0 Å². The quantitative estimate of drug-likeness (QED) is 0.158. The average Bonchev–Trinajstić information content (AvgIpc) is 3.89. The first-order chi connectivity index (χ1) is 29.3. The molecule has 0 saturated carbocycles. The fraction of sp³-hybridized carbons (Fsp3) is 0. The van der Waals surface area contributed by atoms with Crippen molar-refractivity contribution >= 4 is 82.5 Å². The van der Waals surface area contributed by atoms with Crippen molar-refractivity contribution in [2.45, 2.75) is 0 Å². The van der Waals surface area contributed by atoms with Crippen LogP contribution in [0.3, 0.4) is 0 Å². The maximum absolute atomic E-state index is 6.79. The molecular formula is C56H35NO2. The van der Waals surface area contributed by atoms with Crippen LogP contribution in [0.1, 0.15) is 0 Å². The fourth-order valence-corrected chi connectivity index (χ4v) is 9.10. The predicted molar refractivity (Wildman–Crippen MR) is 247 cm³/mol. The molecule has 2 heterocycles. The summed E-state index contributed by atoms with van der Waals surface area (Å²) in [6.07, 6.45) is 0. The van der Waals surface area contributed by atoms with Crippen molar-refractivity contribution in [1.29, 1.82) is 0 Å². The molecule has 12 rings (SSSR count). The van der Waals surface area contributed by atoms with Gasteiger partial charge in [-0.15, -0.1) is 0 Å². The van der Waals surface area contributed by atoms with Crippen molar-refractivity contribution in [3.8, 4) is 33.4 Å². The Kier molecular flexibility index (Phi) is 7.54. The van der Waals surface area contributed by atoms with Crippen molar-refractivity contribution in [3.63, 3.8) is 0 Å². The van der Waals surface area contributed by atoms with Crippen LogP contribution in [0.25, 0.3) is 98.8 Å². The minimum atomic E-state index is 0.864. The van der Waals surface area contributed by atoms with Gasteiger partial charge in [0, 0.05) is 38.4 Å². The minimum absolute atomic E-state index is 0.864. The third-order valence-electron chi connectivity index (χ3n) is 11.9. The molecule has 0 N–H and O–H groups in total. The van der Waals surface area contributed by atoms with Crippen LogP contribution in [-0.4, -0.2) is 0 Å². The zero-order valence-corrected chi connectivity index (χ0v) is 32.0. The summed E-state index contributed by atoms with van der Waals surface area (Å²) in [5.41, 5.74) is 13.4. The Bertz CT molecular complexity index is 3540. The molecule has 0 atom stereocenters. The van der Waals surface area contributed by atoms with Gasteiger partial charge >= 0.3 is 0 Å². The van der Waals surface area contributed by atoms with Crippen molar-refractivity contribution in [1.82, 2.24) is 0 Å². The molecule has 10 aromatic carbocycles. The number of hydrogen-bond acceptors (Lipinski definition) is 3. The normalized spacial score (nSPS) is 11.7. The van der Waals surface area contributed by atoms with Crippen LogP contribution in [0, 0.1) is 0 Å². The zero-order valence-electron chi connectivity index (χ0n) is 32.0. The Morgan fingerprint density at radius 2 is 0.915 bits per heavy atom. The number of furan rings is 2. The monoisotopic (exact) mass is 753 g/mol. The molecule has 3 heteroatoms. The molecule has 59 heavy (non-hydrogen) atoms. The van der Waals surface area contributed by atoms with Crippen LogP contribution in [0.15, 0.2) is 221 Å². The molecule has 2 aromatic heterocycles. The van der Waals surface area contributed by atoms with Gasteiger partial charge in [-0.2, -0.15) is 0 Å². The standard InChI is InChI=1S/C56H35NO2/c1-3-13-37(14-4-1)44-21-12-22-47-46-32-29-41(35-52(46)59-55(44)47)36-27-30-42(31-28-36)57(49-23-11-18-40-26-25-39-17-7-8-19-43(39)53(40)49)50-34-33-45(38-15-5-2-6-16-38)56-54(50)48-20-9-10-24-51(48)58-56/h1-35H. The van der Waals surface area contributed by atoms with Crippen molar-refractivity contribution < 1.29 is 8.83 Å². The Morgan fingerprint density at radius 1 is 0.305 bits per heavy atom. The van der Waals surface area contributed by atoms with Crippen molar-refractivity contribution in [2.24, 2.45) is 0 Å². The topological polar surface area (TPSA) is 29.5 Å². The summed E-state index contributed by atoms with van der Waals surface area (Å²) >= 11 is 0. The van der Waals surface area contributed by atoms with Gasteiger partial charge in [0.1, 0.15) is 22.3 Å². The molecule has 0 unspecified atom stereocenters. The molecule has 0 fully saturated rings. The number of fused-ring (bicyclic) bond motifs is 9. The van der Waals surface area contributed by atoms with Gasteiger partial charge in [-0.05, 0) is 86.9 Å². The lowest BCUT2D eigenvalue weighted by Gasteiger charge is -2.28. The maximum atomic E-state index is 6.79. The maximum Gasteiger partial charge on any atom is 0.145 e. The zero-order chi connectivity index (χ0) is 38.9. The summed E-state index contributed by atoms with van der Waals surface area (Å²) in [6.45, 7) is 0. The van der Waals surface area contributed by atoms with Gasteiger partial charge in [0.15, 0.2) is 0 Å². The highest BCUT2D eigenvalue weighted by Gasteiger charge is 2.24. The molecule has 3 nitrogen and oxygen atoms in total. The van der Waals surface area contributed by atoms with Gasteiger partial charge in [0.05, 0.1) is 16.8 Å². The summed E-state index contributed by atoms with van der Waals surface area (Å²) in [5.74, 6) is 0. The van der Waals surface area contributed by atoms with E-state index in [2.05, 4.69) is 205 Å². The molecule has 0 radical (unpaired) electrons. The first-order valence-corrected chi connectivity index (χ1v) is 20.1. The first-order valence-electron chi connectivity index (χ1n) is 20.1. The number of benzene rings is 10. The summed E-state index contributed by atoms with van der Waals surface area (Å²) in [6, 6.07) is 75.6. The molecule has 0 bridgehead atoms. The third-order valence-corrected chi connectivity index (χ3v) is 11.9. The molecule has 0 aliphatic heterocycles. The van der Waals surface area contributed by atoms with Crippen LogP contribution < -0.4 is 4.90 Å². The largest absolute Gasteiger partial charge is 0.455 e. The number of hydrogen-bond donors (Lipinski definition) is 0. The molecule has 0 aliphatic carbocycles. The molecule has 0 saturated heterocycles. The SMILES string of the molecule is c1ccc(-c2cccc3c2oc2cc(-c4ccc(N(c5cccc6ccc7ccccc7c56)c5ccc(-c6ccccc6)c6oc7ccccc7c56)cc4)ccc23)cc1. The second-order valence-electron chi connectivity index (χ2n) is 15.2. The molecule has 0 aliphatic rings. The lowest BCUT2D eigenvalue weighted by Crippen LogP contribution is -2.11. The second kappa shape index (κ2) is 13.4. The van der Waals surface area contributed by atoms with E-state index in [4.69, 9.17) is 8.83 Å². The Balaban J connectivity index is 1.06. The van der Waals surface area contributed by atoms with Crippen LogP contribution in [0.4, 0.5) is 17.1 Å². The van der Waals surface area contributed by atoms with Crippen LogP contribution in [0.2, 0.25) is 0 Å². The predicted octanol–water partition coefficient (Wildman–Crippen LogP) is 16.3. The van der Waals surface area contributed by atoms with Crippen molar-refractivity contribution in [2.75, 3.05) is 4.90 Å². The number of anilines is 3. The summed E-state index contributed by atoms with van der Waals surface area (Å²) < 4.78 is 13.4. The van der Waals surface area contributed by atoms with E-state index >= 15 is 0 Å². The minimum Gasteiger partial charge on any atom is -0.455 e. The highest BCUT2D eigenvalue weighted by Crippen LogP contribution is 2.49. The molecule has 0 amide bonds. The smallest absolute Gasteiger partial charge is 0.145 e. The van der Waals surface area contributed by atoms with Gasteiger partial charge in [-0.25, -0.2) is 0 Å². The first kappa shape index (κ1) is 33.3. The number of nitrogens with zero attached hydrogens (tertiary/aromatic N) is 1. The van der Waals surface area contributed by atoms with E-state index in [1.807, 2.05) is 12.1 Å². The van der Waals surface area contributed by atoms with E-state index in [0.717, 1.165) is 94.3 Å². The van der Waals surface area contributed by atoms with E-state index < -0.39 is 0 Å². The number of para-hydroxylation sites is 2. The fourth-order valence-electron chi connectivity index (χ4n) is 9.10. The number of rotatable bonds is 6. The van der Waals surface area contributed by atoms with Gasteiger partial charge < -0.3 is 13.7 Å². The van der Waals surface area contributed by atoms with Crippen LogP contribution >= 0.6 is 0 Å². The highest BCUT2D eigenvalue weighted by atomic mass is 16.3. The van der Waals surface area contributed by atoms with E-state index in [1.54, 1.807) is 0 Å². The lowest BCUT2D eigenvalue weighted by molar-refractivity contribution is 0.669. The van der Waals surface area contributed by atoms with Crippen LogP contribution in [-0.2, 0) is 0 Å². The summed E-state index contributed by atoms with van der Waals surface area (Å²) in [4.78, 5) is 2.42. The molecular weight excluding hydrogens is 719 g/mol. The molecule has 12 aromatic rings. The Hall–Kier alpha value is -7.88. The van der Waals surface area contributed by atoms with E-state index in [9.17, 15) is 0 Å². The van der Waals surface area contributed by atoms with E-state index in [-0.39, 0.29) is 0 Å². The average molecular weight is 754 g/mol. The van der Waals surface area contributed by atoms with Crippen molar-refractivity contribution in [3.05, 3.63) is 212 Å². The lowest BCUT2D eigenvalue weighted by atomic mass is 9.97. The molecule has 276 valence electrons. The summed E-state index contributed by atoms with van der Waals surface area (Å²) in [5, 5.41) is 9.20. The van der Waals surface area contributed by atoms with E-state index in [1.165, 1.54) is 21.5 Å². The van der Waals surface area contributed by atoms with Crippen LogP contribution in [0.5, 0.6) is 0 Å². The van der Waals surface area contributed by atoms with Gasteiger partial charge in [0.25, 0.3) is 0 Å². The Labute approximate surface area is 340 Å². The van der Waals surface area contributed by atoms with Gasteiger partial charge in [-0.1, -0.05) is 164 Å². The summed E-state index contributed by atoms with van der Waals surface area (Å²) in [7, 11) is 0. The highest BCUT2D eigenvalue weighted by molar-refractivity contribution is 6.20.